The first-order chi connectivity index (χ1) is 14.2. The lowest BCUT2D eigenvalue weighted by Gasteiger charge is -2.20. The third-order valence-electron chi connectivity index (χ3n) is 5.99. The summed E-state index contributed by atoms with van der Waals surface area (Å²) >= 11 is 0. The molecule has 2 unspecified atom stereocenters. The Kier molecular flexibility index (Phi) is 3.37. The van der Waals surface area contributed by atoms with E-state index >= 15 is 0 Å². The molecule has 0 bridgehead atoms. The van der Waals surface area contributed by atoms with Gasteiger partial charge in [0.15, 0.2) is 17.0 Å². The van der Waals surface area contributed by atoms with Gasteiger partial charge in [0.25, 0.3) is 5.56 Å². The molecule has 0 radical (unpaired) electrons. The Morgan fingerprint density at radius 1 is 1.21 bits per heavy atom. The van der Waals surface area contributed by atoms with Gasteiger partial charge in [-0.25, -0.2) is 9.97 Å². The zero-order chi connectivity index (χ0) is 19.5. The molecule has 0 N–H and O–H groups in total. The van der Waals surface area contributed by atoms with Crippen LogP contribution in [0, 0.1) is 11.8 Å². The number of pyridine rings is 1. The molecule has 1 saturated carbocycles. The van der Waals surface area contributed by atoms with E-state index in [4.69, 9.17) is 4.52 Å². The van der Waals surface area contributed by atoms with Gasteiger partial charge in [0.2, 0.25) is 5.89 Å². The van der Waals surface area contributed by atoms with E-state index in [0.29, 0.717) is 34.8 Å². The van der Waals surface area contributed by atoms with Gasteiger partial charge in [-0.05, 0) is 24.0 Å². The molecule has 0 spiro atoms. The van der Waals surface area contributed by atoms with Crippen LogP contribution in [0.3, 0.4) is 0 Å². The average molecular weight is 390 g/mol. The van der Waals surface area contributed by atoms with Gasteiger partial charge in [0.1, 0.15) is 12.9 Å². The summed E-state index contributed by atoms with van der Waals surface area (Å²) in [6.45, 7) is 2.15. The number of imidazole rings is 1. The Labute approximate surface area is 164 Å². The summed E-state index contributed by atoms with van der Waals surface area (Å²) in [4.78, 5) is 32.1. The second-order valence-corrected chi connectivity index (χ2v) is 7.72. The van der Waals surface area contributed by atoms with Crippen molar-refractivity contribution in [3.63, 3.8) is 0 Å². The number of anilines is 1. The van der Waals surface area contributed by atoms with E-state index in [-0.39, 0.29) is 12.1 Å². The first kappa shape index (κ1) is 16.4. The van der Waals surface area contributed by atoms with E-state index in [0.717, 1.165) is 24.6 Å². The SMILES string of the molecule is Cn1cnc2ncn(Cc3nc(C4C5CN(c6cccnc6)C[C@@H]54)no3)c(=O)c21. The van der Waals surface area contributed by atoms with Crippen molar-refractivity contribution in [1.82, 2.24) is 34.2 Å². The van der Waals surface area contributed by atoms with Crippen molar-refractivity contribution in [2.75, 3.05) is 18.0 Å². The molecule has 4 aromatic rings. The third-order valence-corrected chi connectivity index (χ3v) is 5.99. The fraction of sp³-hybridized carbons (Fsp3) is 0.368. The summed E-state index contributed by atoms with van der Waals surface area (Å²) in [5, 5.41) is 4.18. The van der Waals surface area contributed by atoms with Crippen molar-refractivity contribution in [3.05, 3.63) is 59.2 Å². The fourth-order valence-corrected chi connectivity index (χ4v) is 4.46. The number of aromatic nitrogens is 7. The number of hydrogen-bond donors (Lipinski definition) is 0. The summed E-state index contributed by atoms with van der Waals surface area (Å²) in [5.74, 6) is 2.56. The van der Waals surface area contributed by atoms with Gasteiger partial charge in [-0.3, -0.25) is 14.3 Å². The highest BCUT2D eigenvalue weighted by Gasteiger charge is 2.58. The van der Waals surface area contributed by atoms with E-state index in [1.165, 1.54) is 10.9 Å². The predicted octanol–water partition coefficient (Wildman–Crippen LogP) is 0.806. The molecule has 0 amide bonds. The van der Waals surface area contributed by atoms with E-state index in [1.54, 1.807) is 24.1 Å². The van der Waals surface area contributed by atoms with Crippen LogP contribution >= 0.6 is 0 Å². The number of hydrogen-bond acceptors (Lipinski definition) is 8. The Morgan fingerprint density at radius 2 is 2.03 bits per heavy atom. The molecule has 1 aliphatic heterocycles. The summed E-state index contributed by atoms with van der Waals surface area (Å²) in [6.07, 6.45) is 6.74. The Balaban J connectivity index is 1.18. The lowest BCUT2D eigenvalue weighted by molar-refractivity contribution is 0.363. The van der Waals surface area contributed by atoms with Crippen molar-refractivity contribution in [3.8, 4) is 0 Å². The fourth-order valence-electron chi connectivity index (χ4n) is 4.46. The van der Waals surface area contributed by atoms with Gasteiger partial charge in [0.05, 0.1) is 18.2 Å². The minimum atomic E-state index is -0.176. The van der Waals surface area contributed by atoms with Crippen LogP contribution in [-0.2, 0) is 13.6 Å². The quantitative estimate of drug-likeness (QED) is 0.504. The minimum absolute atomic E-state index is 0.176. The number of aryl methyl sites for hydroxylation is 1. The van der Waals surface area contributed by atoms with Crippen LogP contribution in [0.2, 0.25) is 0 Å². The number of piperidine rings is 1. The molecule has 4 aromatic heterocycles. The molecular weight excluding hydrogens is 372 g/mol. The maximum absolute atomic E-state index is 12.7. The summed E-state index contributed by atoms with van der Waals surface area (Å²) in [6, 6.07) is 4.05. The topological polar surface area (TPSA) is 108 Å². The maximum atomic E-state index is 12.7. The van der Waals surface area contributed by atoms with Crippen molar-refractivity contribution < 1.29 is 4.52 Å². The van der Waals surface area contributed by atoms with Gasteiger partial charge in [-0.1, -0.05) is 5.16 Å². The molecule has 10 nitrogen and oxygen atoms in total. The molecule has 5 heterocycles. The van der Waals surface area contributed by atoms with Crippen LogP contribution < -0.4 is 10.5 Å². The molecule has 29 heavy (non-hydrogen) atoms. The second kappa shape index (κ2) is 5.97. The van der Waals surface area contributed by atoms with Crippen LogP contribution in [0.25, 0.3) is 11.2 Å². The zero-order valence-corrected chi connectivity index (χ0v) is 15.7. The molecular formula is C19H18N8O2. The van der Waals surface area contributed by atoms with Crippen molar-refractivity contribution in [1.29, 1.82) is 0 Å². The van der Waals surface area contributed by atoms with Gasteiger partial charge in [-0.15, -0.1) is 0 Å². The van der Waals surface area contributed by atoms with E-state index in [2.05, 4.69) is 36.1 Å². The van der Waals surface area contributed by atoms with Crippen LogP contribution in [0.1, 0.15) is 17.6 Å². The largest absolute Gasteiger partial charge is 0.370 e. The molecule has 0 aromatic carbocycles. The van der Waals surface area contributed by atoms with Crippen molar-refractivity contribution in [2.24, 2.45) is 18.9 Å². The molecule has 1 saturated heterocycles. The molecule has 1 aliphatic carbocycles. The van der Waals surface area contributed by atoms with Crippen LogP contribution in [0.15, 0.2) is 46.5 Å². The highest BCUT2D eigenvalue weighted by Crippen LogP contribution is 2.57. The smallest absolute Gasteiger partial charge is 0.280 e. The molecule has 6 rings (SSSR count). The van der Waals surface area contributed by atoms with Gasteiger partial charge in [-0.2, -0.15) is 4.98 Å². The monoisotopic (exact) mass is 390 g/mol. The molecule has 2 fully saturated rings. The maximum Gasteiger partial charge on any atom is 0.280 e. The summed E-state index contributed by atoms with van der Waals surface area (Å²) in [5.41, 5.74) is 1.87. The van der Waals surface area contributed by atoms with Crippen LogP contribution in [0.4, 0.5) is 5.69 Å². The van der Waals surface area contributed by atoms with Crippen molar-refractivity contribution in [2.45, 2.75) is 12.5 Å². The Morgan fingerprint density at radius 3 is 2.83 bits per heavy atom. The van der Waals surface area contributed by atoms with Gasteiger partial charge in [0, 0.05) is 32.3 Å². The third kappa shape index (κ3) is 2.55. The second-order valence-electron chi connectivity index (χ2n) is 7.72. The zero-order valence-electron chi connectivity index (χ0n) is 15.7. The lowest BCUT2D eigenvalue weighted by atomic mass is 10.2. The lowest BCUT2D eigenvalue weighted by Crippen LogP contribution is -2.24. The number of nitrogens with zero attached hydrogens (tertiary/aromatic N) is 8. The number of rotatable bonds is 4. The Bertz CT molecular complexity index is 1250. The first-order valence-corrected chi connectivity index (χ1v) is 9.53. The van der Waals surface area contributed by atoms with E-state index < -0.39 is 0 Å². The molecule has 10 heteroatoms. The first-order valence-electron chi connectivity index (χ1n) is 9.53. The molecule has 2 aliphatic rings. The molecule has 146 valence electrons. The minimum Gasteiger partial charge on any atom is -0.370 e. The highest BCUT2D eigenvalue weighted by molar-refractivity contribution is 5.68. The predicted molar refractivity (Wildman–Crippen MR) is 102 cm³/mol. The summed E-state index contributed by atoms with van der Waals surface area (Å²) in [7, 11) is 1.77. The normalized spacial score (nSPS) is 22.9. The van der Waals surface area contributed by atoms with Gasteiger partial charge < -0.3 is 14.0 Å². The summed E-state index contributed by atoms with van der Waals surface area (Å²) < 4.78 is 8.57. The standard InChI is InChI=1S/C19H18N8O2/c1-25-9-21-18-16(25)19(28)27(10-22-18)8-14-23-17(24-29-14)15-12-6-26(7-13(12)15)11-3-2-4-20-5-11/h2-5,9-10,12-13,15H,6-8H2,1H3/t12-,13?,15?/m0/s1. The average Bonchev–Trinajstić information content (AvgIpc) is 3.16. The number of fused-ring (bicyclic) bond motifs is 2. The Hall–Kier alpha value is -3.56. The van der Waals surface area contributed by atoms with E-state index in [1.807, 2.05) is 12.3 Å². The van der Waals surface area contributed by atoms with Crippen LogP contribution in [-0.4, -0.2) is 47.3 Å². The van der Waals surface area contributed by atoms with Crippen molar-refractivity contribution >= 4 is 16.9 Å². The van der Waals surface area contributed by atoms with Gasteiger partial charge >= 0.3 is 0 Å². The molecule has 3 atom stereocenters. The highest BCUT2D eigenvalue weighted by atomic mass is 16.5. The van der Waals surface area contributed by atoms with Crippen LogP contribution in [0.5, 0.6) is 0 Å². The van der Waals surface area contributed by atoms with E-state index in [9.17, 15) is 4.79 Å².